The molecular formula is C61H113NO8. The number of aliphatic hydroxyl groups is 5. The SMILES string of the molecule is CCCCCCC/C=C\C/C=C\CCCCCCCCCCCC(=O)NC(COC1OC(CO)C(O)C(O)C1O)C(O)/C=C/CC/C=C/CCCCCCCCCCCCCCCCCCCCCC. The average molecular weight is 989 g/mol. The second kappa shape index (κ2) is 50.7. The third kappa shape index (κ3) is 39.7. The van der Waals surface area contributed by atoms with Gasteiger partial charge in [-0.3, -0.25) is 4.79 Å². The molecule has 1 saturated heterocycles. The van der Waals surface area contributed by atoms with E-state index in [4.69, 9.17) is 9.47 Å². The van der Waals surface area contributed by atoms with E-state index in [9.17, 15) is 30.3 Å². The summed E-state index contributed by atoms with van der Waals surface area (Å²) in [6, 6.07) is -0.826. The summed E-state index contributed by atoms with van der Waals surface area (Å²) in [6.07, 6.45) is 60.4. The van der Waals surface area contributed by atoms with Crippen molar-refractivity contribution in [2.24, 2.45) is 0 Å². The second-order valence-electron chi connectivity index (χ2n) is 20.8. The number of carbonyl (C=O) groups is 1. The van der Waals surface area contributed by atoms with E-state index < -0.39 is 49.5 Å². The molecule has 410 valence electrons. The number of unbranched alkanes of at least 4 members (excludes halogenated alkanes) is 35. The van der Waals surface area contributed by atoms with Crippen LogP contribution in [0.2, 0.25) is 0 Å². The minimum Gasteiger partial charge on any atom is -0.394 e. The van der Waals surface area contributed by atoms with Crippen LogP contribution >= 0.6 is 0 Å². The quantitative estimate of drug-likeness (QED) is 0.0261. The molecule has 6 N–H and O–H groups in total. The van der Waals surface area contributed by atoms with Gasteiger partial charge in [0.05, 0.1) is 25.4 Å². The van der Waals surface area contributed by atoms with Crippen LogP contribution in [0.25, 0.3) is 0 Å². The number of hydrogen-bond acceptors (Lipinski definition) is 8. The number of nitrogens with one attached hydrogen (secondary N) is 1. The number of amides is 1. The summed E-state index contributed by atoms with van der Waals surface area (Å²) in [5.41, 5.74) is 0. The Kier molecular flexibility index (Phi) is 47.9. The van der Waals surface area contributed by atoms with Crippen LogP contribution in [0, 0.1) is 0 Å². The maximum atomic E-state index is 13.1. The minimum atomic E-state index is -1.57. The molecule has 0 radical (unpaired) electrons. The molecule has 1 aliphatic rings. The highest BCUT2D eigenvalue weighted by molar-refractivity contribution is 5.76. The van der Waals surface area contributed by atoms with Crippen molar-refractivity contribution in [2.45, 2.75) is 320 Å². The van der Waals surface area contributed by atoms with Crippen LogP contribution in [0.15, 0.2) is 48.6 Å². The van der Waals surface area contributed by atoms with Gasteiger partial charge in [0.2, 0.25) is 5.91 Å². The number of allylic oxidation sites excluding steroid dienone is 7. The fourth-order valence-corrected chi connectivity index (χ4v) is 9.38. The third-order valence-corrected chi connectivity index (χ3v) is 14.1. The Bertz CT molecular complexity index is 1240. The van der Waals surface area contributed by atoms with E-state index in [0.29, 0.717) is 6.42 Å². The summed E-state index contributed by atoms with van der Waals surface area (Å²) in [6.45, 7) is 3.78. The lowest BCUT2D eigenvalue weighted by molar-refractivity contribution is -0.302. The lowest BCUT2D eigenvalue weighted by atomic mass is 9.99. The van der Waals surface area contributed by atoms with E-state index in [2.05, 4.69) is 55.6 Å². The van der Waals surface area contributed by atoms with E-state index in [-0.39, 0.29) is 12.5 Å². The predicted octanol–water partition coefficient (Wildman–Crippen LogP) is 14.9. The second-order valence-corrected chi connectivity index (χ2v) is 20.8. The van der Waals surface area contributed by atoms with Crippen molar-refractivity contribution in [1.82, 2.24) is 5.32 Å². The molecule has 0 bridgehead atoms. The maximum Gasteiger partial charge on any atom is 0.220 e. The van der Waals surface area contributed by atoms with Gasteiger partial charge in [-0.15, -0.1) is 0 Å². The van der Waals surface area contributed by atoms with Crippen LogP contribution in [0.4, 0.5) is 0 Å². The van der Waals surface area contributed by atoms with Crippen molar-refractivity contribution in [3.05, 3.63) is 48.6 Å². The molecule has 0 aromatic heterocycles. The first-order valence-corrected chi connectivity index (χ1v) is 29.9. The molecular weight excluding hydrogens is 875 g/mol. The molecule has 9 heteroatoms. The first kappa shape index (κ1) is 66.2. The normalized spacial score (nSPS) is 19.7. The van der Waals surface area contributed by atoms with Crippen molar-refractivity contribution >= 4 is 5.91 Å². The molecule has 7 unspecified atom stereocenters. The zero-order chi connectivity index (χ0) is 50.8. The Morgan fingerprint density at radius 1 is 0.486 bits per heavy atom. The molecule has 7 atom stereocenters. The van der Waals surface area contributed by atoms with Gasteiger partial charge in [0.1, 0.15) is 24.4 Å². The Morgan fingerprint density at radius 2 is 0.857 bits per heavy atom. The molecule has 0 saturated carbocycles. The van der Waals surface area contributed by atoms with Crippen molar-refractivity contribution in [2.75, 3.05) is 13.2 Å². The zero-order valence-electron chi connectivity index (χ0n) is 45.5. The Balaban J connectivity index is 2.24. The summed E-state index contributed by atoms with van der Waals surface area (Å²) in [5.74, 6) is -0.189. The van der Waals surface area contributed by atoms with Gasteiger partial charge in [-0.2, -0.15) is 0 Å². The number of ether oxygens (including phenoxy) is 2. The summed E-state index contributed by atoms with van der Waals surface area (Å²) in [5, 5.41) is 54.5. The lowest BCUT2D eigenvalue weighted by Gasteiger charge is -2.40. The van der Waals surface area contributed by atoms with Crippen molar-refractivity contribution in [3.8, 4) is 0 Å². The van der Waals surface area contributed by atoms with Gasteiger partial charge in [-0.25, -0.2) is 0 Å². The van der Waals surface area contributed by atoms with Gasteiger partial charge in [-0.1, -0.05) is 255 Å². The van der Waals surface area contributed by atoms with Crippen LogP contribution < -0.4 is 5.32 Å². The van der Waals surface area contributed by atoms with Crippen LogP contribution in [-0.2, 0) is 14.3 Å². The van der Waals surface area contributed by atoms with E-state index in [0.717, 1.165) is 51.4 Å². The molecule has 0 aromatic carbocycles. The molecule has 1 aliphatic heterocycles. The van der Waals surface area contributed by atoms with Gasteiger partial charge in [0.15, 0.2) is 6.29 Å². The highest BCUT2D eigenvalue weighted by Gasteiger charge is 2.44. The molecule has 0 aliphatic carbocycles. The van der Waals surface area contributed by atoms with Crippen molar-refractivity contribution in [3.63, 3.8) is 0 Å². The van der Waals surface area contributed by atoms with Gasteiger partial charge in [-0.05, 0) is 64.2 Å². The average Bonchev–Trinajstić information content (AvgIpc) is 3.36. The fraction of sp³-hybridized carbons (Fsp3) is 0.852. The first-order valence-electron chi connectivity index (χ1n) is 29.9. The summed E-state index contributed by atoms with van der Waals surface area (Å²) >= 11 is 0. The van der Waals surface area contributed by atoms with Gasteiger partial charge >= 0.3 is 0 Å². The number of aliphatic hydroxyl groups excluding tert-OH is 5. The van der Waals surface area contributed by atoms with Crippen LogP contribution in [-0.4, -0.2) is 87.5 Å². The molecule has 1 amide bonds. The molecule has 0 aromatic rings. The minimum absolute atomic E-state index is 0.189. The van der Waals surface area contributed by atoms with Crippen LogP contribution in [0.1, 0.15) is 277 Å². The number of carbonyl (C=O) groups excluding carboxylic acids is 1. The maximum absolute atomic E-state index is 13.1. The monoisotopic (exact) mass is 988 g/mol. The van der Waals surface area contributed by atoms with Gasteiger partial charge in [0, 0.05) is 6.42 Å². The molecule has 9 nitrogen and oxygen atoms in total. The van der Waals surface area contributed by atoms with Gasteiger partial charge < -0.3 is 40.3 Å². The van der Waals surface area contributed by atoms with Crippen LogP contribution in [0.5, 0.6) is 0 Å². The van der Waals surface area contributed by atoms with Crippen LogP contribution in [0.3, 0.4) is 0 Å². The first-order chi connectivity index (χ1) is 34.3. The Hall–Kier alpha value is -1.85. The smallest absolute Gasteiger partial charge is 0.220 e. The largest absolute Gasteiger partial charge is 0.394 e. The number of hydrogen-bond donors (Lipinski definition) is 6. The predicted molar refractivity (Wildman–Crippen MR) is 295 cm³/mol. The van der Waals surface area contributed by atoms with E-state index in [1.165, 1.54) is 205 Å². The van der Waals surface area contributed by atoms with Gasteiger partial charge in [0.25, 0.3) is 0 Å². The summed E-state index contributed by atoms with van der Waals surface area (Å²) in [7, 11) is 0. The fourth-order valence-electron chi connectivity index (χ4n) is 9.38. The Morgan fingerprint density at radius 3 is 1.29 bits per heavy atom. The van der Waals surface area contributed by atoms with E-state index in [1.54, 1.807) is 6.08 Å². The summed E-state index contributed by atoms with van der Waals surface area (Å²) < 4.78 is 11.3. The van der Waals surface area contributed by atoms with E-state index in [1.807, 2.05) is 6.08 Å². The third-order valence-electron chi connectivity index (χ3n) is 14.1. The topological polar surface area (TPSA) is 149 Å². The standard InChI is InChI=1S/C61H113NO8/c1-3-5-7-9-11-13-15-17-19-21-23-25-26-27-28-29-31-32-34-36-38-40-42-44-46-48-50-55(64)54(53-69-61-60(68)59(67)58(66)56(52-63)70-61)62-57(65)51-49-47-45-43-41-39-37-35-33-30-24-22-20-18-16-14-12-10-8-6-4-2/h16,18,22,24,40,42,48,50,54-56,58-61,63-64,66-68H,3-15,17,19-21,23,25-39,41,43-47,49,51-53H2,1-2H3,(H,62,65)/b18-16-,24-22-,42-40+,50-48+. The Labute approximate surface area is 431 Å². The molecule has 1 fully saturated rings. The number of rotatable bonds is 51. The van der Waals surface area contributed by atoms with E-state index >= 15 is 0 Å². The molecule has 1 heterocycles. The van der Waals surface area contributed by atoms with Crippen molar-refractivity contribution < 1.29 is 39.8 Å². The molecule has 0 spiro atoms. The molecule has 70 heavy (non-hydrogen) atoms. The molecule has 1 rings (SSSR count). The highest BCUT2D eigenvalue weighted by atomic mass is 16.7. The van der Waals surface area contributed by atoms with Crippen molar-refractivity contribution in [1.29, 1.82) is 0 Å². The summed E-state index contributed by atoms with van der Waals surface area (Å²) in [4.78, 5) is 13.1. The zero-order valence-corrected chi connectivity index (χ0v) is 45.5. The highest BCUT2D eigenvalue weighted by Crippen LogP contribution is 2.23. The lowest BCUT2D eigenvalue weighted by Crippen LogP contribution is -2.60.